The van der Waals surface area contributed by atoms with Crippen LogP contribution in [-0.4, -0.2) is 16.3 Å². The topological polar surface area (TPSA) is 65.1 Å². The van der Waals surface area contributed by atoms with Crippen molar-refractivity contribution < 1.29 is 9.59 Å². The molecule has 0 fully saturated rings. The first-order valence-corrected chi connectivity index (χ1v) is 4.54. The standard InChI is InChI=1S/C11H10N2O2/c12-11(15)10(14)7-13-5-8-3-1-2-4-9(8)6-13/h1-6H,7H2,(H2,12,15). The van der Waals surface area contributed by atoms with E-state index in [-0.39, 0.29) is 6.54 Å². The van der Waals surface area contributed by atoms with Crippen molar-refractivity contribution in [3.05, 3.63) is 36.7 Å². The van der Waals surface area contributed by atoms with E-state index >= 15 is 0 Å². The Kier molecular flexibility index (Phi) is 2.25. The Balaban J connectivity index is 2.30. The maximum Gasteiger partial charge on any atom is 0.286 e. The molecule has 15 heavy (non-hydrogen) atoms. The summed E-state index contributed by atoms with van der Waals surface area (Å²) < 4.78 is 1.66. The van der Waals surface area contributed by atoms with E-state index in [1.165, 1.54) is 0 Å². The summed E-state index contributed by atoms with van der Waals surface area (Å²) in [5.74, 6) is -1.48. The Morgan fingerprint density at radius 3 is 2.13 bits per heavy atom. The van der Waals surface area contributed by atoms with Crippen LogP contribution >= 0.6 is 0 Å². The van der Waals surface area contributed by atoms with Gasteiger partial charge in [0.25, 0.3) is 5.91 Å². The van der Waals surface area contributed by atoms with Crippen molar-refractivity contribution in [1.82, 2.24) is 4.57 Å². The fraction of sp³-hybridized carbons (Fsp3) is 0.0909. The molecular formula is C11H10N2O2. The molecule has 4 heteroatoms. The molecule has 2 rings (SSSR count). The third-order valence-corrected chi connectivity index (χ3v) is 2.21. The second kappa shape index (κ2) is 3.57. The minimum Gasteiger partial charge on any atom is -0.363 e. The number of nitrogens with zero attached hydrogens (tertiary/aromatic N) is 1. The van der Waals surface area contributed by atoms with Crippen LogP contribution < -0.4 is 5.73 Å². The number of ketones is 1. The molecule has 0 radical (unpaired) electrons. The molecule has 0 spiro atoms. The van der Waals surface area contributed by atoms with E-state index in [1.54, 1.807) is 4.57 Å². The largest absolute Gasteiger partial charge is 0.363 e. The van der Waals surface area contributed by atoms with E-state index in [2.05, 4.69) is 0 Å². The average molecular weight is 202 g/mol. The number of Topliss-reactive ketones (excluding diaryl/α,β-unsaturated/α-hetero) is 1. The van der Waals surface area contributed by atoms with Gasteiger partial charge in [-0.15, -0.1) is 0 Å². The molecule has 2 aromatic rings. The molecule has 0 bridgehead atoms. The first kappa shape index (κ1) is 9.45. The SMILES string of the molecule is NC(=O)C(=O)Cn1cc2ccccc2c1. The van der Waals surface area contributed by atoms with E-state index in [0.29, 0.717) is 0 Å². The quantitative estimate of drug-likeness (QED) is 0.744. The van der Waals surface area contributed by atoms with Crippen molar-refractivity contribution in [2.45, 2.75) is 6.54 Å². The number of hydrogen-bond acceptors (Lipinski definition) is 2. The molecule has 0 unspecified atom stereocenters. The lowest BCUT2D eigenvalue weighted by atomic mass is 10.2. The van der Waals surface area contributed by atoms with Crippen molar-refractivity contribution >= 4 is 22.5 Å². The molecule has 2 N–H and O–H groups in total. The first-order chi connectivity index (χ1) is 7.16. The normalized spacial score (nSPS) is 10.4. The summed E-state index contributed by atoms with van der Waals surface area (Å²) >= 11 is 0. The van der Waals surface area contributed by atoms with E-state index in [0.717, 1.165) is 10.8 Å². The zero-order chi connectivity index (χ0) is 10.8. The highest BCUT2D eigenvalue weighted by Crippen LogP contribution is 2.14. The number of nitrogens with two attached hydrogens (primary N) is 1. The fourth-order valence-electron chi connectivity index (χ4n) is 1.48. The third-order valence-electron chi connectivity index (χ3n) is 2.21. The number of amides is 1. The predicted molar refractivity (Wildman–Crippen MR) is 56.1 cm³/mol. The van der Waals surface area contributed by atoms with Gasteiger partial charge in [0.1, 0.15) is 0 Å². The molecule has 0 aliphatic rings. The van der Waals surface area contributed by atoms with Gasteiger partial charge in [0, 0.05) is 12.4 Å². The molecule has 1 amide bonds. The zero-order valence-corrected chi connectivity index (χ0v) is 8.01. The van der Waals surface area contributed by atoms with Crippen LogP contribution in [0.2, 0.25) is 0 Å². The summed E-state index contributed by atoms with van der Waals surface area (Å²) in [5.41, 5.74) is 4.88. The summed E-state index contributed by atoms with van der Waals surface area (Å²) in [6.45, 7) is 0.00398. The van der Waals surface area contributed by atoms with Gasteiger partial charge in [0.2, 0.25) is 5.78 Å². The Morgan fingerprint density at radius 1 is 1.13 bits per heavy atom. The average Bonchev–Trinajstić information content (AvgIpc) is 2.59. The monoisotopic (exact) mass is 202 g/mol. The lowest BCUT2D eigenvalue weighted by Crippen LogP contribution is -2.26. The van der Waals surface area contributed by atoms with Crippen LogP contribution in [-0.2, 0) is 16.1 Å². The zero-order valence-electron chi connectivity index (χ0n) is 8.01. The van der Waals surface area contributed by atoms with Crippen LogP contribution in [0.4, 0.5) is 0 Å². The number of benzene rings is 1. The summed E-state index contributed by atoms with van der Waals surface area (Å²) in [5, 5.41) is 2.07. The lowest BCUT2D eigenvalue weighted by Gasteiger charge is -1.97. The highest BCUT2D eigenvalue weighted by Gasteiger charge is 2.09. The van der Waals surface area contributed by atoms with Crippen LogP contribution in [0.1, 0.15) is 0 Å². The molecule has 1 aromatic heterocycles. The molecule has 1 aromatic carbocycles. The molecule has 0 aliphatic heterocycles. The van der Waals surface area contributed by atoms with Gasteiger partial charge in [0.15, 0.2) is 0 Å². The van der Waals surface area contributed by atoms with E-state index in [4.69, 9.17) is 5.73 Å². The minimum absolute atomic E-state index is 0.00398. The number of fused-ring (bicyclic) bond motifs is 1. The molecule has 1 heterocycles. The second-order valence-electron chi connectivity index (χ2n) is 3.35. The van der Waals surface area contributed by atoms with Crippen LogP contribution in [0, 0.1) is 0 Å². The number of hydrogen-bond donors (Lipinski definition) is 1. The maximum atomic E-state index is 11.1. The van der Waals surface area contributed by atoms with Crippen molar-refractivity contribution in [2.24, 2.45) is 5.73 Å². The summed E-state index contributed by atoms with van der Waals surface area (Å²) in [6.07, 6.45) is 3.63. The van der Waals surface area contributed by atoms with E-state index in [9.17, 15) is 9.59 Å². The van der Waals surface area contributed by atoms with Crippen LogP contribution in [0.15, 0.2) is 36.7 Å². The first-order valence-electron chi connectivity index (χ1n) is 4.54. The van der Waals surface area contributed by atoms with Crippen LogP contribution in [0.5, 0.6) is 0 Å². The summed E-state index contributed by atoms with van der Waals surface area (Å²) in [6, 6.07) is 7.73. The molecule has 0 saturated carbocycles. The van der Waals surface area contributed by atoms with Crippen molar-refractivity contribution in [2.75, 3.05) is 0 Å². The highest BCUT2D eigenvalue weighted by atomic mass is 16.2. The Morgan fingerprint density at radius 2 is 1.67 bits per heavy atom. The van der Waals surface area contributed by atoms with E-state index in [1.807, 2.05) is 36.7 Å². The van der Waals surface area contributed by atoms with Crippen molar-refractivity contribution in [3.63, 3.8) is 0 Å². The Bertz CT molecular complexity index is 495. The number of carbonyl (C=O) groups excluding carboxylic acids is 2. The molecular weight excluding hydrogens is 192 g/mol. The highest BCUT2D eigenvalue weighted by molar-refractivity contribution is 6.35. The van der Waals surface area contributed by atoms with Gasteiger partial charge in [-0.25, -0.2) is 0 Å². The van der Waals surface area contributed by atoms with Gasteiger partial charge < -0.3 is 10.3 Å². The Hall–Kier alpha value is -2.10. The summed E-state index contributed by atoms with van der Waals surface area (Å²) in [7, 11) is 0. The van der Waals surface area contributed by atoms with E-state index < -0.39 is 11.7 Å². The van der Waals surface area contributed by atoms with Crippen molar-refractivity contribution in [3.8, 4) is 0 Å². The van der Waals surface area contributed by atoms with Gasteiger partial charge in [-0.1, -0.05) is 24.3 Å². The Labute approximate surface area is 86.3 Å². The number of primary amides is 1. The maximum absolute atomic E-state index is 11.1. The van der Waals surface area contributed by atoms with Gasteiger partial charge in [0.05, 0.1) is 6.54 Å². The molecule has 0 saturated heterocycles. The van der Waals surface area contributed by atoms with Crippen LogP contribution in [0.3, 0.4) is 0 Å². The number of aromatic nitrogens is 1. The minimum atomic E-state index is -0.896. The van der Waals surface area contributed by atoms with Crippen molar-refractivity contribution in [1.29, 1.82) is 0 Å². The number of carbonyl (C=O) groups is 2. The smallest absolute Gasteiger partial charge is 0.286 e. The third kappa shape index (κ3) is 1.88. The predicted octanol–water partition coefficient (Wildman–Crippen LogP) is 0.696. The van der Waals surface area contributed by atoms with Gasteiger partial charge in [-0.05, 0) is 10.8 Å². The molecule has 0 atom stereocenters. The molecule has 4 nitrogen and oxygen atoms in total. The van der Waals surface area contributed by atoms with Gasteiger partial charge in [-0.3, -0.25) is 9.59 Å². The molecule has 76 valence electrons. The lowest BCUT2D eigenvalue weighted by molar-refractivity contribution is -0.136. The molecule has 0 aliphatic carbocycles. The van der Waals surface area contributed by atoms with Gasteiger partial charge >= 0.3 is 0 Å². The summed E-state index contributed by atoms with van der Waals surface area (Å²) in [4.78, 5) is 21.7. The fourth-order valence-corrected chi connectivity index (χ4v) is 1.48. The van der Waals surface area contributed by atoms with Crippen LogP contribution in [0.25, 0.3) is 10.8 Å². The number of rotatable bonds is 3. The van der Waals surface area contributed by atoms with Gasteiger partial charge in [-0.2, -0.15) is 0 Å². The second-order valence-corrected chi connectivity index (χ2v) is 3.35.